The first-order valence-electron chi connectivity index (χ1n) is 4.30. The molecule has 1 N–H and O–H groups in total. The van der Waals surface area contributed by atoms with Gasteiger partial charge in [0.1, 0.15) is 6.16 Å². The zero-order chi connectivity index (χ0) is 9.73. The maximum atomic E-state index is 11.7. The first kappa shape index (κ1) is 10.7. The van der Waals surface area contributed by atoms with Gasteiger partial charge in [0.05, 0.1) is 13.2 Å². The fraction of sp³-hybridized carbons (Fsp3) is 0.857. The van der Waals surface area contributed by atoms with Gasteiger partial charge >= 0.3 is 5.97 Å². The van der Waals surface area contributed by atoms with Crippen LogP contribution in [0.15, 0.2) is 0 Å². The number of ether oxygens (including phenoxy) is 1. The van der Waals surface area contributed by atoms with Gasteiger partial charge in [0.25, 0.3) is 7.52 Å². The van der Waals surface area contributed by atoms with Crippen molar-refractivity contribution in [1.29, 1.82) is 0 Å². The molecule has 0 bridgehead atoms. The smallest absolute Gasteiger partial charge is 0.316 e. The molecule has 0 radical (unpaired) electrons. The van der Waals surface area contributed by atoms with E-state index >= 15 is 0 Å². The molecular weight excluding hydrogens is 193 g/mol. The van der Waals surface area contributed by atoms with Crippen LogP contribution in [-0.2, 0) is 18.6 Å². The molecule has 0 saturated carbocycles. The number of hydrogen-bond acceptors (Lipinski definition) is 4. The lowest BCUT2D eigenvalue weighted by Gasteiger charge is -2.23. The quantitative estimate of drug-likeness (QED) is 0.546. The van der Waals surface area contributed by atoms with Crippen LogP contribution < -0.4 is 5.09 Å². The Hall–Kier alpha value is -0.380. The molecule has 0 amide bonds. The summed E-state index contributed by atoms with van der Waals surface area (Å²) in [6.45, 7) is 3.10. The van der Waals surface area contributed by atoms with E-state index in [1.165, 1.54) is 0 Å². The molecule has 13 heavy (non-hydrogen) atoms. The lowest BCUT2D eigenvalue weighted by atomic mass is 10.5. The molecule has 5 nitrogen and oxygen atoms in total. The van der Waals surface area contributed by atoms with E-state index in [0.717, 1.165) is 6.42 Å². The first-order chi connectivity index (χ1) is 6.16. The fourth-order valence-electron chi connectivity index (χ4n) is 1.06. The highest BCUT2D eigenvalue weighted by Crippen LogP contribution is 2.43. The van der Waals surface area contributed by atoms with Crippen molar-refractivity contribution in [2.75, 3.05) is 25.9 Å². The molecule has 1 unspecified atom stereocenters. The van der Waals surface area contributed by atoms with Crippen LogP contribution in [0, 0.1) is 0 Å². The molecule has 1 aliphatic rings. The van der Waals surface area contributed by atoms with Crippen LogP contribution in [0.5, 0.6) is 0 Å². The van der Waals surface area contributed by atoms with Crippen molar-refractivity contribution in [2.24, 2.45) is 0 Å². The molecular formula is C7H14NO4P. The number of hydrogen-bond donors (Lipinski definition) is 1. The number of carbonyl (C=O) groups excluding carboxylic acids is 1. The van der Waals surface area contributed by atoms with E-state index in [1.54, 1.807) is 6.92 Å². The van der Waals surface area contributed by atoms with E-state index in [-0.39, 0.29) is 6.16 Å². The van der Waals surface area contributed by atoms with Crippen LogP contribution in [0.25, 0.3) is 0 Å². The molecule has 1 rings (SSSR count). The molecule has 0 aromatic heterocycles. The lowest BCUT2D eigenvalue weighted by Crippen LogP contribution is -2.26. The van der Waals surface area contributed by atoms with Gasteiger partial charge in [0.15, 0.2) is 0 Å². The Morgan fingerprint density at radius 3 is 3.00 bits per heavy atom. The van der Waals surface area contributed by atoms with E-state index in [0.29, 0.717) is 19.8 Å². The molecule has 1 saturated heterocycles. The summed E-state index contributed by atoms with van der Waals surface area (Å²) in [7, 11) is -2.92. The highest BCUT2D eigenvalue weighted by Gasteiger charge is 2.29. The van der Waals surface area contributed by atoms with Gasteiger partial charge in [-0.15, -0.1) is 0 Å². The number of esters is 1. The average Bonchev–Trinajstić information content (AvgIpc) is 2.04. The number of nitrogens with one attached hydrogen (secondary N) is 1. The minimum atomic E-state index is -2.92. The summed E-state index contributed by atoms with van der Waals surface area (Å²) >= 11 is 0. The molecule has 0 spiro atoms. The second kappa shape index (κ2) is 4.74. The standard InChI is InChI=1S/C7H14NO4P/c1-2-11-7(9)6-13(10)8-4-3-5-12-13/h2-6H2,1H3,(H,8,10). The Morgan fingerprint density at radius 1 is 1.69 bits per heavy atom. The second-order valence-corrected chi connectivity index (χ2v) is 4.97. The third-order valence-corrected chi connectivity index (χ3v) is 3.60. The topological polar surface area (TPSA) is 64.6 Å². The van der Waals surface area contributed by atoms with Crippen molar-refractivity contribution in [3.05, 3.63) is 0 Å². The molecule has 0 aromatic carbocycles. The molecule has 0 aliphatic carbocycles. The van der Waals surface area contributed by atoms with Gasteiger partial charge in [-0.3, -0.25) is 9.36 Å². The Balaban J connectivity index is 2.41. The van der Waals surface area contributed by atoms with Crippen molar-refractivity contribution >= 4 is 13.5 Å². The molecule has 1 atom stereocenters. The molecule has 1 aliphatic heterocycles. The largest absolute Gasteiger partial charge is 0.466 e. The van der Waals surface area contributed by atoms with E-state index in [2.05, 4.69) is 9.82 Å². The van der Waals surface area contributed by atoms with E-state index < -0.39 is 13.5 Å². The van der Waals surface area contributed by atoms with Crippen LogP contribution in [0.3, 0.4) is 0 Å². The summed E-state index contributed by atoms with van der Waals surface area (Å²) in [6.07, 6.45) is 0.660. The van der Waals surface area contributed by atoms with Gasteiger partial charge in [-0.2, -0.15) is 0 Å². The molecule has 1 heterocycles. The molecule has 6 heteroatoms. The summed E-state index contributed by atoms with van der Waals surface area (Å²) in [5.74, 6) is -0.472. The van der Waals surface area contributed by atoms with Crippen molar-refractivity contribution in [1.82, 2.24) is 5.09 Å². The van der Waals surface area contributed by atoms with Crippen LogP contribution in [0.2, 0.25) is 0 Å². The van der Waals surface area contributed by atoms with E-state index in [9.17, 15) is 9.36 Å². The van der Waals surface area contributed by atoms with Gasteiger partial charge in [0, 0.05) is 6.54 Å². The minimum Gasteiger partial charge on any atom is -0.466 e. The van der Waals surface area contributed by atoms with Crippen molar-refractivity contribution in [3.8, 4) is 0 Å². The minimum absolute atomic E-state index is 0.166. The van der Waals surface area contributed by atoms with Crippen LogP contribution in [-0.4, -0.2) is 31.9 Å². The van der Waals surface area contributed by atoms with Crippen molar-refractivity contribution in [3.63, 3.8) is 0 Å². The Morgan fingerprint density at radius 2 is 2.46 bits per heavy atom. The summed E-state index contributed by atoms with van der Waals surface area (Å²) in [6, 6.07) is 0. The predicted molar refractivity (Wildman–Crippen MR) is 47.7 cm³/mol. The van der Waals surface area contributed by atoms with E-state index in [1.807, 2.05) is 0 Å². The average molecular weight is 207 g/mol. The summed E-state index contributed by atoms with van der Waals surface area (Å²) in [5.41, 5.74) is 0. The van der Waals surface area contributed by atoms with Crippen LogP contribution >= 0.6 is 7.52 Å². The normalized spacial score (nSPS) is 28.4. The van der Waals surface area contributed by atoms with Gasteiger partial charge < -0.3 is 9.26 Å². The predicted octanol–water partition coefficient (Wildman–Crippen LogP) is 0.752. The Bertz CT molecular complexity index is 221. The Kier molecular flexibility index (Phi) is 3.90. The van der Waals surface area contributed by atoms with Gasteiger partial charge in [0.2, 0.25) is 0 Å². The van der Waals surface area contributed by atoms with Crippen molar-refractivity contribution < 1.29 is 18.6 Å². The fourth-order valence-corrected chi connectivity index (χ4v) is 2.71. The maximum absolute atomic E-state index is 11.7. The second-order valence-electron chi connectivity index (χ2n) is 2.73. The zero-order valence-corrected chi connectivity index (χ0v) is 8.51. The van der Waals surface area contributed by atoms with Crippen LogP contribution in [0.1, 0.15) is 13.3 Å². The SMILES string of the molecule is CCOC(=O)CP1(=O)NCCCO1. The Labute approximate surface area is 77.3 Å². The maximum Gasteiger partial charge on any atom is 0.316 e. The highest BCUT2D eigenvalue weighted by molar-refractivity contribution is 7.57. The number of carbonyl (C=O) groups is 1. The number of rotatable bonds is 3. The third kappa shape index (κ3) is 3.46. The monoisotopic (exact) mass is 207 g/mol. The van der Waals surface area contributed by atoms with Gasteiger partial charge in [-0.25, -0.2) is 5.09 Å². The summed E-state index contributed by atoms with van der Waals surface area (Å²) in [4.78, 5) is 11.0. The highest BCUT2D eigenvalue weighted by atomic mass is 31.2. The van der Waals surface area contributed by atoms with Crippen molar-refractivity contribution in [2.45, 2.75) is 13.3 Å². The van der Waals surface area contributed by atoms with Gasteiger partial charge in [-0.05, 0) is 13.3 Å². The molecule has 1 fully saturated rings. The molecule has 76 valence electrons. The zero-order valence-electron chi connectivity index (χ0n) is 7.62. The van der Waals surface area contributed by atoms with Crippen LogP contribution in [0.4, 0.5) is 0 Å². The third-order valence-electron chi connectivity index (χ3n) is 1.62. The van der Waals surface area contributed by atoms with Gasteiger partial charge in [-0.1, -0.05) is 0 Å². The summed E-state index contributed by atoms with van der Waals surface area (Å²) in [5, 5.41) is 2.72. The first-order valence-corrected chi connectivity index (χ1v) is 6.11. The van der Waals surface area contributed by atoms with E-state index in [4.69, 9.17) is 4.52 Å². The summed E-state index contributed by atoms with van der Waals surface area (Å²) < 4.78 is 21.4. The molecule has 0 aromatic rings. The lowest BCUT2D eigenvalue weighted by molar-refractivity contribution is -0.140.